The summed E-state index contributed by atoms with van der Waals surface area (Å²) < 4.78 is 5.37. The normalized spacial score (nSPS) is 13.9. The van der Waals surface area contributed by atoms with Crippen molar-refractivity contribution in [3.05, 3.63) is 34.9 Å². The fourth-order valence-corrected chi connectivity index (χ4v) is 4.38. The summed E-state index contributed by atoms with van der Waals surface area (Å²) in [5.74, 6) is -0.494. The van der Waals surface area contributed by atoms with Gasteiger partial charge in [0.2, 0.25) is 11.8 Å². The fourth-order valence-electron chi connectivity index (χ4n) is 4.38. The summed E-state index contributed by atoms with van der Waals surface area (Å²) in [4.78, 5) is 41.7. The Balaban J connectivity index is 3.39. The number of alkyl carbamates (subject to hydrolysis) is 1. The van der Waals surface area contributed by atoms with Gasteiger partial charge in [0.15, 0.2) is 0 Å². The Hall–Kier alpha value is -2.57. The first kappa shape index (κ1) is 32.5. The molecule has 7 nitrogen and oxygen atoms in total. The number of amides is 3. The van der Waals surface area contributed by atoms with Gasteiger partial charge in [0.05, 0.1) is 0 Å². The predicted molar refractivity (Wildman–Crippen MR) is 150 cm³/mol. The minimum absolute atomic E-state index is 0.0102. The van der Waals surface area contributed by atoms with Crippen molar-refractivity contribution in [2.75, 3.05) is 6.54 Å². The zero-order chi connectivity index (χ0) is 28.2. The molecule has 1 rings (SSSR count). The lowest BCUT2D eigenvalue weighted by Gasteiger charge is -2.35. The van der Waals surface area contributed by atoms with E-state index in [1.807, 2.05) is 39.0 Å². The SMILES string of the molecule is CCCCCCCN(C(=O)C(C)NC(=O)OC(C)(C)C)C(C(=O)NC(C)CCC)c1cc(C)ccc1C. The number of carbonyl (C=O) groups is 3. The summed E-state index contributed by atoms with van der Waals surface area (Å²) in [6, 6.07) is 4.35. The first-order valence-corrected chi connectivity index (χ1v) is 14.0. The van der Waals surface area contributed by atoms with Gasteiger partial charge in [0, 0.05) is 12.6 Å². The van der Waals surface area contributed by atoms with Gasteiger partial charge in [-0.05, 0) is 72.4 Å². The fraction of sp³-hybridized carbons (Fsp3) is 0.700. The highest BCUT2D eigenvalue weighted by molar-refractivity contribution is 5.92. The van der Waals surface area contributed by atoms with Gasteiger partial charge in [-0.2, -0.15) is 0 Å². The number of ether oxygens (including phenoxy) is 1. The highest BCUT2D eigenvalue weighted by Crippen LogP contribution is 2.27. The van der Waals surface area contributed by atoms with Crippen LogP contribution in [0.3, 0.4) is 0 Å². The predicted octanol–water partition coefficient (Wildman–Crippen LogP) is 6.36. The lowest BCUT2D eigenvalue weighted by molar-refractivity contribution is -0.142. The van der Waals surface area contributed by atoms with Crippen LogP contribution in [0.2, 0.25) is 0 Å². The number of hydrogen-bond acceptors (Lipinski definition) is 4. The van der Waals surface area contributed by atoms with Crippen LogP contribution in [0.25, 0.3) is 0 Å². The highest BCUT2D eigenvalue weighted by atomic mass is 16.6. The first-order chi connectivity index (χ1) is 17.3. The number of nitrogens with one attached hydrogen (secondary N) is 2. The average Bonchev–Trinajstić information content (AvgIpc) is 2.78. The summed E-state index contributed by atoms with van der Waals surface area (Å²) in [7, 11) is 0. The van der Waals surface area contributed by atoms with E-state index in [1.165, 1.54) is 0 Å². The molecule has 3 unspecified atom stereocenters. The van der Waals surface area contributed by atoms with Crippen LogP contribution in [0.1, 0.15) is 116 Å². The molecule has 0 aliphatic carbocycles. The van der Waals surface area contributed by atoms with Crippen molar-refractivity contribution >= 4 is 17.9 Å². The summed E-state index contributed by atoms with van der Waals surface area (Å²) >= 11 is 0. The molecule has 0 heterocycles. The molecule has 0 aromatic heterocycles. The van der Waals surface area contributed by atoms with Crippen molar-refractivity contribution < 1.29 is 19.1 Å². The van der Waals surface area contributed by atoms with Gasteiger partial charge in [-0.3, -0.25) is 9.59 Å². The van der Waals surface area contributed by atoms with Crippen LogP contribution in [0.5, 0.6) is 0 Å². The van der Waals surface area contributed by atoms with E-state index in [4.69, 9.17) is 4.74 Å². The molecule has 0 spiro atoms. The second-order valence-corrected chi connectivity index (χ2v) is 11.3. The third-order valence-corrected chi connectivity index (χ3v) is 6.29. The third-order valence-electron chi connectivity index (χ3n) is 6.29. The van der Waals surface area contributed by atoms with E-state index in [-0.39, 0.29) is 17.9 Å². The molecule has 2 N–H and O–H groups in total. The van der Waals surface area contributed by atoms with Crippen LogP contribution in [-0.2, 0) is 14.3 Å². The number of nitrogens with zero attached hydrogens (tertiary/aromatic N) is 1. The van der Waals surface area contributed by atoms with E-state index >= 15 is 0 Å². The smallest absolute Gasteiger partial charge is 0.408 e. The summed E-state index contributed by atoms with van der Waals surface area (Å²) in [5.41, 5.74) is 2.11. The van der Waals surface area contributed by atoms with Crippen LogP contribution in [0.4, 0.5) is 4.79 Å². The molecule has 0 bridgehead atoms. The van der Waals surface area contributed by atoms with Gasteiger partial charge in [-0.1, -0.05) is 69.7 Å². The Bertz CT molecular complexity index is 878. The van der Waals surface area contributed by atoms with Gasteiger partial charge >= 0.3 is 6.09 Å². The molecule has 1 aromatic carbocycles. The Kier molecular flexibility index (Phi) is 13.7. The van der Waals surface area contributed by atoms with Crippen molar-refractivity contribution in [3.8, 4) is 0 Å². The van der Waals surface area contributed by atoms with E-state index in [1.54, 1.807) is 32.6 Å². The molecule has 3 atom stereocenters. The summed E-state index contributed by atoms with van der Waals surface area (Å²) in [5, 5.41) is 5.81. The maximum atomic E-state index is 13.9. The maximum absolute atomic E-state index is 13.9. The standard InChI is InChI=1S/C30H51N3O4/c1-10-12-13-14-15-19-33(28(35)24(6)32-29(36)37-30(7,8)9)26(27(34)31-23(5)16-11-2)25-20-21(3)17-18-22(25)4/h17-18,20,23-24,26H,10-16,19H2,1-9H3,(H,31,34)(H,32,36). The lowest BCUT2D eigenvalue weighted by atomic mass is 9.95. The molecule has 37 heavy (non-hydrogen) atoms. The molecule has 210 valence electrons. The van der Waals surface area contributed by atoms with Crippen molar-refractivity contribution in [2.24, 2.45) is 0 Å². The quantitative estimate of drug-likeness (QED) is 0.281. The average molecular weight is 518 g/mol. The Labute approximate surface area is 225 Å². The molecule has 0 radical (unpaired) electrons. The zero-order valence-electron chi connectivity index (χ0n) is 24.7. The Morgan fingerprint density at radius 2 is 1.59 bits per heavy atom. The first-order valence-electron chi connectivity index (χ1n) is 14.0. The van der Waals surface area contributed by atoms with Crippen LogP contribution in [0.15, 0.2) is 18.2 Å². The summed E-state index contributed by atoms with van der Waals surface area (Å²) in [6.45, 7) is 17.6. The van der Waals surface area contributed by atoms with Crippen LogP contribution in [-0.4, -0.2) is 47.0 Å². The monoisotopic (exact) mass is 517 g/mol. The number of unbranched alkanes of at least 4 members (excludes halogenated alkanes) is 4. The van der Waals surface area contributed by atoms with E-state index in [0.717, 1.165) is 61.6 Å². The van der Waals surface area contributed by atoms with Crippen LogP contribution in [0, 0.1) is 13.8 Å². The van der Waals surface area contributed by atoms with E-state index in [2.05, 4.69) is 24.5 Å². The van der Waals surface area contributed by atoms with Gasteiger partial charge in [-0.25, -0.2) is 4.79 Å². The second-order valence-electron chi connectivity index (χ2n) is 11.3. The van der Waals surface area contributed by atoms with E-state index in [0.29, 0.717) is 6.54 Å². The maximum Gasteiger partial charge on any atom is 0.408 e. The highest BCUT2D eigenvalue weighted by Gasteiger charge is 2.35. The van der Waals surface area contributed by atoms with Crippen molar-refractivity contribution in [2.45, 2.75) is 131 Å². The lowest BCUT2D eigenvalue weighted by Crippen LogP contribution is -2.53. The molecule has 0 aliphatic heterocycles. The van der Waals surface area contributed by atoms with Gasteiger partial charge in [0.1, 0.15) is 17.7 Å². The molecule has 0 fully saturated rings. The van der Waals surface area contributed by atoms with Crippen LogP contribution < -0.4 is 10.6 Å². The Morgan fingerprint density at radius 3 is 2.19 bits per heavy atom. The van der Waals surface area contributed by atoms with Crippen molar-refractivity contribution in [1.82, 2.24) is 15.5 Å². The third kappa shape index (κ3) is 11.6. The molecule has 3 amide bonds. The largest absolute Gasteiger partial charge is 0.444 e. The van der Waals surface area contributed by atoms with Crippen LogP contribution >= 0.6 is 0 Å². The molecular weight excluding hydrogens is 466 g/mol. The number of rotatable bonds is 14. The number of hydrogen-bond donors (Lipinski definition) is 2. The van der Waals surface area contributed by atoms with E-state index in [9.17, 15) is 14.4 Å². The van der Waals surface area contributed by atoms with Gasteiger partial charge in [-0.15, -0.1) is 0 Å². The van der Waals surface area contributed by atoms with Crippen molar-refractivity contribution in [3.63, 3.8) is 0 Å². The van der Waals surface area contributed by atoms with E-state index < -0.39 is 23.8 Å². The van der Waals surface area contributed by atoms with Crippen molar-refractivity contribution in [1.29, 1.82) is 0 Å². The minimum Gasteiger partial charge on any atom is -0.444 e. The van der Waals surface area contributed by atoms with Gasteiger partial charge < -0.3 is 20.3 Å². The molecule has 1 aromatic rings. The number of carbonyl (C=O) groups excluding carboxylic acids is 3. The minimum atomic E-state index is -0.848. The molecule has 7 heteroatoms. The molecular formula is C30H51N3O4. The number of aryl methyl sites for hydroxylation is 2. The number of benzene rings is 1. The Morgan fingerprint density at radius 1 is 0.946 bits per heavy atom. The molecule has 0 aliphatic rings. The topological polar surface area (TPSA) is 87.7 Å². The van der Waals surface area contributed by atoms with Gasteiger partial charge in [0.25, 0.3) is 0 Å². The molecule has 0 saturated carbocycles. The summed E-state index contributed by atoms with van der Waals surface area (Å²) in [6.07, 6.45) is 6.25. The second kappa shape index (κ2) is 15.6. The zero-order valence-corrected chi connectivity index (χ0v) is 24.7. The molecule has 0 saturated heterocycles.